The van der Waals surface area contributed by atoms with Gasteiger partial charge in [0.15, 0.2) is 0 Å². The van der Waals surface area contributed by atoms with Crippen LogP contribution in [0.15, 0.2) is 12.1 Å². The molecule has 0 aromatic heterocycles. The van der Waals surface area contributed by atoms with Crippen LogP contribution in [0.2, 0.25) is 0 Å². The van der Waals surface area contributed by atoms with Gasteiger partial charge >= 0.3 is 0 Å². The van der Waals surface area contributed by atoms with Crippen molar-refractivity contribution < 1.29 is 0 Å². The van der Waals surface area contributed by atoms with Crippen LogP contribution in [-0.2, 0) is 24.8 Å². The second-order valence-electron chi connectivity index (χ2n) is 5.81. The number of hydrogen-bond donors (Lipinski definition) is 1. The zero-order valence-corrected chi connectivity index (χ0v) is 11.0. The lowest BCUT2D eigenvalue weighted by Crippen LogP contribution is -2.28. The van der Waals surface area contributed by atoms with Gasteiger partial charge in [0.25, 0.3) is 0 Å². The predicted octanol–water partition coefficient (Wildman–Crippen LogP) is 3.19. The molecule has 16 heavy (non-hydrogen) atoms. The quantitative estimate of drug-likeness (QED) is 0.762. The summed E-state index contributed by atoms with van der Waals surface area (Å²) in [5.74, 6) is 0. The lowest BCUT2D eigenvalue weighted by molar-refractivity contribution is 0.558. The number of fused-ring (bicyclic) bond motifs is 1. The van der Waals surface area contributed by atoms with E-state index >= 15 is 0 Å². The smallest absolute Gasteiger partial charge is 0.0211 e. The van der Waals surface area contributed by atoms with E-state index in [-0.39, 0.29) is 5.41 Å². The second kappa shape index (κ2) is 4.21. The van der Waals surface area contributed by atoms with Crippen molar-refractivity contribution in [3.63, 3.8) is 0 Å². The van der Waals surface area contributed by atoms with Crippen molar-refractivity contribution in [3.05, 3.63) is 34.4 Å². The van der Waals surface area contributed by atoms with Crippen LogP contribution in [0.3, 0.4) is 0 Å². The summed E-state index contributed by atoms with van der Waals surface area (Å²) in [6, 6.07) is 4.82. The van der Waals surface area contributed by atoms with Gasteiger partial charge in [-0.1, -0.05) is 39.8 Å². The Bertz CT molecular complexity index is 385. The molecule has 0 fully saturated rings. The Labute approximate surface area is 99.3 Å². The van der Waals surface area contributed by atoms with Gasteiger partial charge in [0.05, 0.1) is 0 Å². The van der Waals surface area contributed by atoms with Gasteiger partial charge in [-0.05, 0) is 47.1 Å². The van der Waals surface area contributed by atoms with Gasteiger partial charge in [0.1, 0.15) is 0 Å². The third kappa shape index (κ3) is 2.15. The largest absolute Gasteiger partial charge is 0.312 e. The maximum atomic E-state index is 3.49. The van der Waals surface area contributed by atoms with Crippen LogP contribution in [0.25, 0.3) is 0 Å². The second-order valence-corrected chi connectivity index (χ2v) is 5.81. The highest BCUT2D eigenvalue weighted by Gasteiger charge is 2.22. The molecular weight excluding hydrogens is 194 g/mol. The van der Waals surface area contributed by atoms with E-state index in [0.29, 0.717) is 0 Å². The number of hydrogen-bond acceptors (Lipinski definition) is 1. The van der Waals surface area contributed by atoms with E-state index in [1.54, 1.807) is 11.1 Å². The molecule has 1 aliphatic rings. The third-order valence-electron chi connectivity index (χ3n) is 3.49. The molecule has 1 heteroatoms. The van der Waals surface area contributed by atoms with E-state index < -0.39 is 0 Å². The number of nitrogens with one attached hydrogen (secondary N) is 1. The monoisotopic (exact) mass is 217 g/mol. The minimum atomic E-state index is 0.258. The van der Waals surface area contributed by atoms with Crippen molar-refractivity contribution in [3.8, 4) is 0 Å². The van der Waals surface area contributed by atoms with E-state index in [1.807, 2.05) is 0 Å². The van der Waals surface area contributed by atoms with E-state index in [0.717, 1.165) is 19.5 Å². The van der Waals surface area contributed by atoms with Crippen molar-refractivity contribution in [2.45, 2.75) is 52.5 Å². The molecule has 1 nitrogen and oxygen atoms in total. The highest BCUT2D eigenvalue weighted by atomic mass is 14.9. The van der Waals surface area contributed by atoms with Gasteiger partial charge in [0, 0.05) is 6.54 Å². The Morgan fingerprint density at radius 1 is 1.25 bits per heavy atom. The fourth-order valence-corrected chi connectivity index (χ4v) is 2.54. The summed E-state index contributed by atoms with van der Waals surface area (Å²) in [6.07, 6.45) is 2.33. The van der Waals surface area contributed by atoms with Crippen molar-refractivity contribution >= 4 is 0 Å². The molecule has 2 rings (SSSR count). The van der Waals surface area contributed by atoms with Crippen molar-refractivity contribution in [1.29, 1.82) is 0 Å². The first-order valence-corrected chi connectivity index (χ1v) is 6.38. The molecule has 1 aromatic carbocycles. The summed E-state index contributed by atoms with van der Waals surface area (Å²) in [5.41, 5.74) is 6.41. The van der Waals surface area contributed by atoms with Crippen molar-refractivity contribution in [1.82, 2.24) is 5.32 Å². The molecule has 88 valence electrons. The van der Waals surface area contributed by atoms with E-state index in [1.165, 1.54) is 17.5 Å². The molecule has 0 saturated heterocycles. The molecule has 0 spiro atoms. The summed E-state index contributed by atoms with van der Waals surface area (Å²) in [4.78, 5) is 0. The lowest BCUT2D eigenvalue weighted by Gasteiger charge is -2.29. The molecule has 1 aromatic rings. The summed E-state index contributed by atoms with van der Waals surface area (Å²) in [7, 11) is 0. The fraction of sp³-hybridized carbons (Fsp3) is 0.600. The van der Waals surface area contributed by atoms with Crippen LogP contribution in [0.5, 0.6) is 0 Å². The van der Waals surface area contributed by atoms with Gasteiger partial charge < -0.3 is 5.32 Å². The molecule has 1 N–H and O–H groups in total. The summed E-state index contributed by atoms with van der Waals surface area (Å²) < 4.78 is 0. The SMILES string of the molecule is CCc1cc2c(c(C(C)(C)C)c1)CNCC2. The first-order valence-electron chi connectivity index (χ1n) is 6.38. The highest BCUT2D eigenvalue weighted by molar-refractivity contribution is 5.44. The zero-order valence-electron chi connectivity index (χ0n) is 11.0. The topological polar surface area (TPSA) is 12.0 Å². The van der Waals surface area contributed by atoms with Gasteiger partial charge in [-0.3, -0.25) is 0 Å². The molecule has 1 heterocycles. The summed E-state index contributed by atoms with van der Waals surface area (Å²) in [5, 5.41) is 3.49. The predicted molar refractivity (Wildman–Crippen MR) is 69.9 cm³/mol. The van der Waals surface area contributed by atoms with Crippen LogP contribution < -0.4 is 5.32 Å². The Balaban J connectivity index is 2.56. The Morgan fingerprint density at radius 3 is 2.62 bits per heavy atom. The number of aryl methyl sites for hydroxylation is 1. The maximum Gasteiger partial charge on any atom is 0.0211 e. The molecular formula is C15H23N. The van der Waals surface area contributed by atoms with E-state index in [9.17, 15) is 0 Å². The molecule has 0 saturated carbocycles. The van der Waals surface area contributed by atoms with Crippen molar-refractivity contribution in [2.24, 2.45) is 0 Å². The summed E-state index contributed by atoms with van der Waals surface area (Å²) >= 11 is 0. The molecule has 0 atom stereocenters. The van der Waals surface area contributed by atoms with Gasteiger partial charge in [0.2, 0.25) is 0 Å². The van der Waals surface area contributed by atoms with Gasteiger partial charge in [-0.15, -0.1) is 0 Å². The third-order valence-corrected chi connectivity index (χ3v) is 3.49. The van der Waals surface area contributed by atoms with Crippen LogP contribution in [-0.4, -0.2) is 6.54 Å². The van der Waals surface area contributed by atoms with Crippen LogP contribution in [0.4, 0.5) is 0 Å². The number of benzene rings is 1. The van der Waals surface area contributed by atoms with Crippen LogP contribution in [0, 0.1) is 0 Å². The average Bonchev–Trinajstić information content (AvgIpc) is 2.26. The molecule has 0 amide bonds. The average molecular weight is 217 g/mol. The molecule has 0 aliphatic carbocycles. The Morgan fingerprint density at radius 2 is 2.00 bits per heavy atom. The Hall–Kier alpha value is -0.820. The zero-order chi connectivity index (χ0) is 11.8. The van der Waals surface area contributed by atoms with Crippen LogP contribution in [0.1, 0.15) is 49.9 Å². The van der Waals surface area contributed by atoms with Gasteiger partial charge in [-0.2, -0.15) is 0 Å². The fourth-order valence-electron chi connectivity index (χ4n) is 2.54. The minimum absolute atomic E-state index is 0.258. The maximum absolute atomic E-state index is 3.49. The van der Waals surface area contributed by atoms with Crippen molar-refractivity contribution in [2.75, 3.05) is 6.54 Å². The molecule has 0 bridgehead atoms. The first-order chi connectivity index (χ1) is 7.52. The number of rotatable bonds is 1. The standard InChI is InChI=1S/C15H23N/c1-5-11-8-12-6-7-16-10-13(12)14(9-11)15(2,3)4/h8-9,16H,5-7,10H2,1-4H3. The van der Waals surface area contributed by atoms with Crippen LogP contribution >= 0.6 is 0 Å². The molecule has 0 unspecified atom stereocenters. The van der Waals surface area contributed by atoms with Gasteiger partial charge in [-0.25, -0.2) is 0 Å². The molecule has 0 radical (unpaired) electrons. The normalized spacial score (nSPS) is 16.0. The molecule has 1 aliphatic heterocycles. The Kier molecular flexibility index (Phi) is 3.07. The van der Waals surface area contributed by atoms with E-state index in [2.05, 4.69) is 45.1 Å². The van der Waals surface area contributed by atoms with E-state index in [4.69, 9.17) is 0 Å². The summed E-state index contributed by atoms with van der Waals surface area (Å²) in [6.45, 7) is 11.4. The highest BCUT2D eigenvalue weighted by Crippen LogP contribution is 2.31. The minimum Gasteiger partial charge on any atom is -0.312 e. The first kappa shape index (κ1) is 11.7. The lowest BCUT2D eigenvalue weighted by atomic mass is 9.79.